The predicted octanol–water partition coefficient (Wildman–Crippen LogP) is 3.30. The summed E-state index contributed by atoms with van der Waals surface area (Å²) in [5, 5.41) is 0. The number of unbranched alkanes of at least 4 members (excludes halogenated alkanes) is 2. The lowest BCUT2D eigenvalue weighted by Crippen LogP contribution is -2.25. The summed E-state index contributed by atoms with van der Waals surface area (Å²) in [6, 6.07) is 11.0. The SMILES string of the molecule is CCCCCC1=CNNC1c1ccccc1. The van der Waals surface area contributed by atoms with Crippen molar-refractivity contribution in [2.75, 3.05) is 0 Å². The number of hydrogen-bond donors (Lipinski definition) is 2. The lowest BCUT2D eigenvalue weighted by molar-refractivity contribution is 0.577. The fourth-order valence-corrected chi connectivity index (χ4v) is 2.13. The van der Waals surface area contributed by atoms with Crippen molar-refractivity contribution in [3.63, 3.8) is 0 Å². The van der Waals surface area contributed by atoms with Crippen molar-refractivity contribution in [1.82, 2.24) is 10.9 Å². The number of rotatable bonds is 5. The Bertz CT molecular complexity index is 343. The van der Waals surface area contributed by atoms with Gasteiger partial charge in [-0.3, -0.25) is 0 Å². The largest absolute Gasteiger partial charge is 0.328 e. The lowest BCUT2D eigenvalue weighted by atomic mass is 9.96. The molecular formula is C14H20N2. The van der Waals surface area contributed by atoms with Crippen LogP contribution < -0.4 is 10.9 Å². The Morgan fingerprint density at radius 3 is 2.69 bits per heavy atom. The Morgan fingerprint density at radius 2 is 1.94 bits per heavy atom. The fourth-order valence-electron chi connectivity index (χ4n) is 2.13. The van der Waals surface area contributed by atoms with Crippen LogP contribution in [0.5, 0.6) is 0 Å². The van der Waals surface area contributed by atoms with Gasteiger partial charge in [0.15, 0.2) is 0 Å². The van der Waals surface area contributed by atoms with Crippen LogP contribution >= 0.6 is 0 Å². The van der Waals surface area contributed by atoms with Crippen molar-refractivity contribution >= 4 is 0 Å². The second-order valence-corrected chi connectivity index (χ2v) is 4.31. The topological polar surface area (TPSA) is 24.1 Å². The van der Waals surface area contributed by atoms with Crippen LogP contribution in [0.3, 0.4) is 0 Å². The summed E-state index contributed by atoms with van der Waals surface area (Å²) in [5.74, 6) is 0. The minimum Gasteiger partial charge on any atom is -0.328 e. The van der Waals surface area contributed by atoms with Gasteiger partial charge >= 0.3 is 0 Å². The third kappa shape index (κ3) is 2.64. The van der Waals surface area contributed by atoms with Crippen LogP contribution in [0.2, 0.25) is 0 Å². The molecule has 0 saturated carbocycles. The average molecular weight is 216 g/mol. The normalized spacial score (nSPS) is 19.3. The van der Waals surface area contributed by atoms with E-state index in [1.807, 2.05) is 0 Å². The Morgan fingerprint density at radius 1 is 1.12 bits per heavy atom. The van der Waals surface area contributed by atoms with E-state index in [0.717, 1.165) is 0 Å². The molecule has 0 spiro atoms. The molecule has 0 radical (unpaired) electrons. The Kier molecular flexibility index (Phi) is 4.00. The van der Waals surface area contributed by atoms with Crippen LogP contribution in [-0.2, 0) is 0 Å². The van der Waals surface area contributed by atoms with Gasteiger partial charge in [0.2, 0.25) is 0 Å². The van der Waals surface area contributed by atoms with E-state index in [1.54, 1.807) is 0 Å². The molecule has 1 atom stereocenters. The van der Waals surface area contributed by atoms with Gasteiger partial charge in [0.1, 0.15) is 0 Å². The van der Waals surface area contributed by atoms with Crippen LogP contribution in [-0.4, -0.2) is 0 Å². The Labute approximate surface area is 97.7 Å². The van der Waals surface area contributed by atoms with Crippen molar-refractivity contribution in [3.8, 4) is 0 Å². The van der Waals surface area contributed by atoms with Gasteiger partial charge in [-0.1, -0.05) is 50.1 Å². The highest BCUT2D eigenvalue weighted by Gasteiger charge is 2.19. The summed E-state index contributed by atoms with van der Waals surface area (Å²) in [7, 11) is 0. The van der Waals surface area contributed by atoms with Crippen molar-refractivity contribution in [2.45, 2.75) is 38.6 Å². The van der Waals surface area contributed by atoms with E-state index in [9.17, 15) is 0 Å². The zero-order valence-electron chi connectivity index (χ0n) is 9.87. The summed E-state index contributed by atoms with van der Waals surface area (Å²) in [6.45, 7) is 2.24. The summed E-state index contributed by atoms with van der Waals surface area (Å²) in [4.78, 5) is 0. The van der Waals surface area contributed by atoms with Gasteiger partial charge in [-0.15, -0.1) is 0 Å². The Balaban J connectivity index is 1.98. The third-order valence-electron chi connectivity index (χ3n) is 3.06. The molecule has 1 aliphatic rings. The monoisotopic (exact) mass is 216 g/mol. The molecule has 0 aromatic heterocycles. The third-order valence-corrected chi connectivity index (χ3v) is 3.06. The fraction of sp³-hybridized carbons (Fsp3) is 0.429. The van der Waals surface area contributed by atoms with Gasteiger partial charge in [0, 0.05) is 6.20 Å². The van der Waals surface area contributed by atoms with E-state index in [1.165, 1.54) is 36.8 Å². The summed E-state index contributed by atoms with van der Waals surface area (Å²) in [5.41, 5.74) is 9.26. The maximum Gasteiger partial charge on any atom is 0.0737 e. The van der Waals surface area contributed by atoms with Crippen LogP contribution in [0.1, 0.15) is 44.2 Å². The zero-order valence-corrected chi connectivity index (χ0v) is 9.87. The molecule has 1 heterocycles. The second kappa shape index (κ2) is 5.71. The molecule has 2 rings (SSSR count). The zero-order chi connectivity index (χ0) is 11.2. The van der Waals surface area contributed by atoms with Gasteiger partial charge in [0.25, 0.3) is 0 Å². The van der Waals surface area contributed by atoms with Crippen LogP contribution in [0, 0.1) is 0 Å². The molecule has 0 saturated heterocycles. The predicted molar refractivity (Wildman–Crippen MR) is 67.7 cm³/mol. The van der Waals surface area contributed by atoms with Crippen molar-refractivity contribution in [3.05, 3.63) is 47.7 Å². The van der Waals surface area contributed by atoms with E-state index >= 15 is 0 Å². The van der Waals surface area contributed by atoms with E-state index < -0.39 is 0 Å². The van der Waals surface area contributed by atoms with Crippen LogP contribution in [0.15, 0.2) is 42.1 Å². The first-order chi connectivity index (χ1) is 7.92. The first kappa shape index (κ1) is 11.2. The minimum absolute atomic E-state index is 0.359. The number of hydrogen-bond acceptors (Lipinski definition) is 2. The summed E-state index contributed by atoms with van der Waals surface area (Å²) < 4.78 is 0. The summed E-state index contributed by atoms with van der Waals surface area (Å²) in [6.07, 6.45) is 7.19. The highest BCUT2D eigenvalue weighted by atomic mass is 15.4. The highest BCUT2D eigenvalue weighted by molar-refractivity contribution is 5.29. The van der Waals surface area contributed by atoms with Crippen molar-refractivity contribution < 1.29 is 0 Å². The molecule has 86 valence electrons. The molecule has 2 N–H and O–H groups in total. The molecule has 16 heavy (non-hydrogen) atoms. The van der Waals surface area contributed by atoms with Crippen molar-refractivity contribution in [1.29, 1.82) is 0 Å². The van der Waals surface area contributed by atoms with E-state index in [-0.39, 0.29) is 0 Å². The van der Waals surface area contributed by atoms with E-state index in [0.29, 0.717) is 6.04 Å². The molecule has 0 bridgehead atoms. The quantitative estimate of drug-likeness (QED) is 0.738. The number of nitrogens with one attached hydrogen (secondary N) is 2. The number of benzene rings is 1. The van der Waals surface area contributed by atoms with Gasteiger partial charge in [0.05, 0.1) is 6.04 Å². The molecule has 1 aliphatic heterocycles. The lowest BCUT2D eigenvalue weighted by Gasteiger charge is -2.14. The highest BCUT2D eigenvalue weighted by Crippen LogP contribution is 2.27. The number of hydrazine groups is 1. The average Bonchev–Trinajstić information content (AvgIpc) is 2.79. The maximum atomic E-state index is 3.31. The second-order valence-electron chi connectivity index (χ2n) is 4.31. The van der Waals surface area contributed by atoms with E-state index in [4.69, 9.17) is 0 Å². The molecule has 1 aromatic rings. The molecule has 0 fully saturated rings. The molecule has 0 amide bonds. The smallest absolute Gasteiger partial charge is 0.0737 e. The Hall–Kier alpha value is -1.28. The van der Waals surface area contributed by atoms with Gasteiger partial charge in [-0.25, -0.2) is 5.43 Å². The molecule has 2 nitrogen and oxygen atoms in total. The van der Waals surface area contributed by atoms with Gasteiger partial charge in [-0.05, 0) is 24.0 Å². The molecular weight excluding hydrogens is 196 g/mol. The van der Waals surface area contributed by atoms with Crippen LogP contribution in [0.25, 0.3) is 0 Å². The van der Waals surface area contributed by atoms with E-state index in [2.05, 4.69) is 54.3 Å². The minimum atomic E-state index is 0.359. The molecule has 2 heteroatoms. The first-order valence-corrected chi connectivity index (χ1v) is 6.16. The first-order valence-electron chi connectivity index (χ1n) is 6.16. The molecule has 0 aliphatic carbocycles. The van der Waals surface area contributed by atoms with Gasteiger partial charge in [-0.2, -0.15) is 0 Å². The van der Waals surface area contributed by atoms with Crippen LogP contribution in [0.4, 0.5) is 0 Å². The standard InChI is InChI=1S/C14H20N2/c1-2-3-5-10-13-11-15-16-14(13)12-8-6-4-7-9-12/h4,6-9,11,14-16H,2-3,5,10H2,1H3. The summed E-state index contributed by atoms with van der Waals surface area (Å²) >= 11 is 0. The molecule has 1 unspecified atom stereocenters. The van der Waals surface area contributed by atoms with Gasteiger partial charge < -0.3 is 5.43 Å². The van der Waals surface area contributed by atoms with Crippen molar-refractivity contribution in [2.24, 2.45) is 0 Å². The molecule has 1 aromatic carbocycles. The maximum absolute atomic E-state index is 3.31.